The van der Waals surface area contributed by atoms with E-state index in [1.807, 2.05) is 5.55 Å². The SMILES string of the molecule is COCC[C@@H]1CSC=N1. The molecule has 9 heavy (non-hydrogen) atoms. The first kappa shape index (κ1) is 7.09. The largest absolute Gasteiger partial charge is 0.385 e. The van der Waals surface area contributed by atoms with E-state index < -0.39 is 0 Å². The van der Waals surface area contributed by atoms with Crippen LogP contribution in [0.5, 0.6) is 0 Å². The fourth-order valence-corrected chi connectivity index (χ4v) is 1.56. The van der Waals surface area contributed by atoms with Crippen LogP contribution in [0.25, 0.3) is 0 Å². The second-order valence-corrected chi connectivity index (χ2v) is 2.90. The highest BCUT2D eigenvalue weighted by Gasteiger charge is 2.09. The van der Waals surface area contributed by atoms with Crippen molar-refractivity contribution in [2.24, 2.45) is 4.99 Å². The molecule has 3 heteroatoms. The van der Waals surface area contributed by atoms with Gasteiger partial charge in [-0.25, -0.2) is 0 Å². The van der Waals surface area contributed by atoms with Crippen molar-refractivity contribution in [3.05, 3.63) is 0 Å². The van der Waals surface area contributed by atoms with Crippen LogP contribution >= 0.6 is 11.8 Å². The Hall–Kier alpha value is -0.0200. The van der Waals surface area contributed by atoms with Crippen LogP contribution < -0.4 is 0 Å². The number of aliphatic imine (C=N–C) groups is 1. The average molecular weight is 145 g/mol. The van der Waals surface area contributed by atoms with Crippen LogP contribution in [0.1, 0.15) is 6.42 Å². The molecule has 0 amide bonds. The summed E-state index contributed by atoms with van der Waals surface area (Å²) < 4.78 is 4.92. The zero-order valence-electron chi connectivity index (χ0n) is 5.54. The lowest BCUT2D eigenvalue weighted by molar-refractivity contribution is 0.190. The van der Waals surface area contributed by atoms with Crippen LogP contribution in [0.15, 0.2) is 4.99 Å². The van der Waals surface area contributed by atoms with E-state index >= 15 is 0 Å². The van der Waals surface area contributed by atoms with Gasteiger partial charge in [0, 0.05) is 19.5 Å². The van der Waals surface area contributed by atoms with E-state index in [4.69, 9.17) is 4.74 Å². The van der Waals surface area contributed by atoms with Crippen molar-refractivity contribution >= 4 is 17.3 Å². The van der Waals surface area contributed by atoms with Crippen molar-refractivity contribution in [3.63, 3.8) is 0 Å². The van der Waals surface area contributed by atoms with Gasteiger partial charge in [-0.05, 0) is 6.42 Å². The van der Waals surface area contributed by atoms with Gasteiger partial charge in [0.25, 0.3) is 0 Å². The smallest absolute Gasteiger partial charge is 0.0621 e. The van der Waals surface area contributed by atoms with Gasteiger partial charge in [-0.3, -0.25) is 4.99 Å². The maximum atomic E-state index is 4.92. The third-order valence-electron chi connectivity index (χ3n) is 1.29. The van der Waals surface area contributed by atoms with Crippen LogP contribution in [0.2, 0.25) is 0 Å². The van der Waals surface area contributed by atoms with E-state index in [1.165, 1.54) is 0 Å². The normalized spacial score (nSPS) is 25.2. The number of ether oxygens (including phenoxy) is 1. The van der Waals surface area contributed by atoms with Gasteiger partial charge in [0.05, 0.1) is 11.6 Å². The lowest BCUT2D eigenvalue weighted by Crippen LogP contribution is -2.06. The molecule has 0 unspecified atom stereocenters. The molecule has 0 radical (unpaired) electrons. The molecule has 0 aromatic rings. The average Bonchev–Trinajstić information content (AvgIpc) is 2.34. The molecule has 52 valence electrons. The molecule has 0 fully saturated rings. The van der Waals surface area contributed by atoms with Crippen LogP contribution in [0.4, 0.5) is 0 Å². The molecule has 1 rings (SSSR count). The quantitative estimate of drug-likeness (QED) is 0.594. The van der Waals surface area contributed by atoms with Crippen LogP contribution in [-0.4, -0.2) is 31.1 Å². The summed E-state index contributed by atoms with van der Waals surface area (Å²) in [7, 11) is 1.73. The Morgan fingerprint density at radius 2 is 2.78 bits per heavy atom. The molecule has 1 aliphatic rings. The fraction of sp³-hybridized carbons (Fsp3) is 0.833. The van der Waals surface area contributed by atoms with Crippen LogP contribution in [-0.2, 0) is 4.74 Å². The Bertz CT molecular complexity index is 105. The first-order valence-corrected chi connectivity index (χ1v) is 4.10. The standard InChI is InChI=1S/C6H11NOS/c1-8-3-2-6-4-9-5-7-6/h5-6H,2-4H2,1H3/t6-/m1/s1. The second-order valence-electron chi connectivity index (χ2n) is 2.02. The molecule has 0 aromatic heterocycles. The lowest BCUT2D eigenvalue weighted by atomic mass is 10.3. The second kappa shape index (κ2) is 3.90. The van der Waals surface area contributed by atoms with Gasteiger partial charge in [-0.2, -0.15) is 0 Å². The van der Waals surface area contributed by atoms with Crippen LogP contribution in [0.3, 0.4) is 0 Å². The van der Waals surface area contributed by atoms with E-state index in [0.29, 0.717) is 6.04 Å². The summed E-state index contributed by atoms with van der Waals surface area (Å²) in [5.74, 6) is 1.14. The fourth-order valence-electron chi connectivity index (χ4n) is 0.738. The minimum Gasteiger partial charge on any atom is -0.385 e. The Kier molecular flexibility index (Phi) is 3.08. The molecule has 2 nitrogen and oxygen atoms in total. The molecule has 1 heterocycles. The summed E-state index contributed by atoms with van der Waals surface area (Å²) in [6.45, 7) is 0.836. The van der Waals surface area contributed by atoms with Gasteiger partial charge in [0.2, 0.25) is 0 Å². The predicted octanol–water partition coefficient (Wildman–Crippen LogP) is 1.17. The van der Waals surface area contributed by atoms with Crippen molar-refractivity contribution in [3.8, 4) is 0 Å². The van der Waals surface area contributed by atoms with Gasteiger partial charge in [-0.15, -0.1) is 11.8 Å². The highest BCUT2D eigenvalue weighted by atomic mass is 32.2. The van der Waals surface area contributed by atoms with Crippen molar-refractivity contribution in [2.75, 3.05) is 19.5 Å². The summed E-state index contributed by atoms with van der Waals surface area (Å²) in [6.07, 6.45) is 1.07. The molecule has 0 spiro atoms. The predicted molar refractivity (Wildman–Crippen MR) is 41.2 cm³/mol. The first-order chi connectivity index (χ1) is 4.43. The highest BCUT2D eigenvalue weighted by molar-refractivity contribution is 8.12. The molecule has 0 aromatic carbocycles. The number of methoxy groups -OCH3 is 1. The molecule has 0 saturated carbocycles. The van der Waals surface area contributed by atoms with Gasteiger partial charge >= 0.3 is 0 Å². The minimum absolute atomic E-state index is 0.523. The number of hydrogen-bond donors (Lipinski definition) is 0. The molecular weight excluding hydrogens is 134 g/mol. The van der Waals surface area contributed by atoms with Crippen molar-refractivity contribution in [1.82, 2.24) is 0 Å². The molecule has 0 saturated heterocycles. The molecule has 0 N–H and O–H groups in total. The number of nitrogens with zero attached hydrogens (tertiary/aromatic N) is 1. The third kappa shape index (κ3) is 2.37. The van der Waals surface area contributed by atoms with Gasteiger partial charge in [-0.1, -0.05) is 0 Å². The zero-order chi connectivity index (χ0) is 6.53. The van der Waals surface area contributed by atoms with Gasteiger partial charge in [0.1, 0.15) is 0 Å². The molecular formula is C6H11NOS. The van der Waals surface area contributed by atoms with Crippen LogP contribution in [0, 0.1) is 0 Å². The van der Waals surface area contributed by atoms with E-state index in [-0.39, 0.29) is 0 Å². The maximum absolute atomic E-state index is 4.92. The maximum Gasteiger partial charge on any atom is 0.0621 e. The Morgan fingerprint density at radius 1 is 1.89 bits per heavy atom. The summed E-state index contributed by atoms with van der Waals surface area (Å²) in [5.41, 5.74) is 1.93. The Labute approximate surface area is 59.7 Å². The van der Waals surface area contributed by atoms with Gasteiger partial charge in [0.15, 0.2) is 0 Å². The van der Waals surface area contributed by atoms with E-state index in [0.717, 1.165) is 18.8 Å². The Morgan fingerprint density at radius 3 is 3.33 bits per heavy atom. The van der Waals surface area contributed by atoms with Gasteiger partial charge < -0.3 is 4.74 Å². The highest BCUT2D eigenvalue weighted by Crippen LogP contribution is 2.13. The number of rotatable bonds is 3. The topological polar surface area (TPSA) is 21.6 Å². The summed E-state index contributed by atoms with van der Waals surface area (Å²) >= 11 is 1.79. The van der Waals surface area contributed by atoms with E-state index in [9.17, 15) is 0 Å². The molecule has 0 aliphatic carbocycles. The Balaban J connectivity index is 2.05. The zero-order valence-corrected chi connectivity index (χ0v) is 6.36. The summed E-state index contributed by atoms with van der Waals surface area (Å²) in [4.78, 5) is 4.23. The molecule has 1 aliphatic heterocycles. The summed E-state index contributed by atoms with van der Waals surface area (Å²) in [5, 5.41) is 0. The molecule has 1 atom stereocenters. The van der Waals surface area contributed by atoms with Crippen molar-refractivity contribution in [1.29, 1.82) is 0 Å². The minimum atomic E-state index is 0.523. The number of hydrogen-bond acceptors (Lipinski definition) is 3. The molecule has 0 bridgehead atoms. The number of thioether (sulfide) groups is 1. The lowest BCUT2D eigenvalue weighted by Gasteiger charge is -2.02. The monoisotopic (exact) mass is 145 g/mol. The van der Waals surface area contributed by atoms with Crippen molar-refractivity contribution < 1.29 is 4.74 Å². The third-order valence-corrected chi connectivity index (χ3v) is 2.14. The first-order valence-electron chi connectivity index (χ1n) is 3.05. The summed E-state index contributed by atoms with van der Waals surface area (Å²) in [6, 6.07) is 0.523. The van der Waals surface area contributed by atoms with Crippen molar-refractivity contribution in [2.45, 2.75) is 12.5 Å². The van der Waals surface area contributed by atoms with E-state index in [2.05, 4.69) is 4.99 Å². The van der Waals surface area contributed by atoms with E-state index in [1.54, 1.807) is 18.9 Å².